The van der Waals surface area contributed by atoms with Crippen LogP contribution in [0.2, 0.25) is 0 Å². The second kappa shape index (κ2) is 4.95. The number of hydrogen-bond acceptors (Lipinski definition) is 4. The molecule has 0 aromatic carbocycles. The summed E-state index contributed by atoms with van der Waals surface area (Å²) in [6.45, 7) is 6.76. The molecule has 0 aliphatic carbocycles. The first-order valence-corrected chi connectivity index (χ1v) is 6.59. The quantitative estimate of drug-likeness (QED) is 0.851. The molecule has 1 N–H and O–H groups in total. The third kappa shape index (κ3) is 2.91. The van der Waals surface area contributed by atoms with Crippen molar-refractivity contribution in [3.63, 3.8) is 0 Å². The fourth-order valence-corrected chi connectivity index (χ4v) is 2.20. The third-order valence-electron chi connectivity index (χ3n) is 2.48. The Kier molecular flexibility index (Phi) is 4.03. The Bertz CT molecular complexity index is 440. The highest BCUT2D eigenvalue weighted by atomic mass is 32.2. The van der Waals surface area contributed by atoms with Crippen LogP contribution in [0.25, 0.3) is 0 Å². The molecule has 17 heavy (non-hydrogen) atoms. The Morgan fingerprint density at radius 3 is 2.65 bits per heavy atom. The summed E-state index contributed by atoms with van der Waals surface area (Å²) in [6.07, 6.45) is 1.39. The molecular formula is C10H17N3O3S. The standard InChI is InChI=1S/C10H17N3O3S/c1-7(2)13-8(11-6-12-13)5-17(16)10(3,4)9(14)15/h6-7H,5H2,1-4H3,(H,14,15). The summed E-state index contributed by atoms with van der Waals surface area (Å²) < 4.78 is 12.4. The van der Waals surface area contributed by atoms with E-state index in [1.807, 2.05) is 13.8 Å². The van der Waals surface area contributed by atoms with Crippen LogP contribution < -0.4 is 0 Å². The molecule has 1 atom stereocenters. The van der Waals surface area contributed by atoms with Crippen LogP contribution >= 0.6 is 0 Å². The van der Waals surface area contributed by atoms with Crippen molar-refractivity contribution in [1.29, 1.82) is 0 Å². The van der Waals surface area contributed by atoms with Gasteiger partial charge in [0, 0.05) is 16.8 Å². The lowest BCUT2D eigenvalue weighted by Crippen LogP contribution is -2.37. The van der Waals surface area contributed by atoms with Crippen LogP contribution in [0.3, 0.4) is 0 Å². The van der Waals surface area contributed by atoms with Gasteiger partial charge in [0.1, 0.15) is 16.9 Å². The maximum atomic E-state index is 12.0. The monoisotopic (exact) mass is 259 g/mol. The summed E-state index contributed by atoms with van der Waals surface area (Å²) in [5, 5.41) is 13.0. The van der Waals surface area contributed by atoms with Gasteiger partial charge in [-0.2, -0.15) is 5.10 Å². The first-order valence-electron chi connectivity index (χ1n) is 5.27. The fourth-order valence-electron chi connectivity index (χ4n) is 1.20. The number of aliphatic carboxylic acids is 1. The van der Waals surface area contributed by atoms with Crippen molar-refractivity contribution in [2.45, 2.75) is 44.2 Å². The maximum Gasteiger partial charge on any atom is 0.321 e. The van der Waals surface area contributed by atoms with E-state index in [9.17, 15) is 9.00 Å². The van der Waals surface area contributed by atoms with Crippen molar-refractivity contribution in [3.8, 4) is 0 Å². The Balaban J connectivity index is 2.89. The molecule has 0 aliphatic rings. The van der Waals surface area contributed by atoms with E-state index in [0.717, 1.165) is 0 Å². The normalized spacial score (nSPS) is 13.9. The van der Waals surface area contributed by atoms with Gasteiger partial charge in [0.05, 0.1) is 5.75 Å². The summed E-state index contributed by atoms with van der Waals surface area (Å²) in [7, 11) is -1.54. The Hall–Kier alpha value is -1.24. The van der Waals surface area contributed by atoms with Gasteiger partial charge in [-0.1, -0.05) is 0 Å². The summed E-state index contributed by atoms with van der Waals surface area (Å²) in [5.41, 5.74) is 0. The molecule has 1 unspecified atom stereocenters. The second-order valence-corrected chi connectivity index (χ2v) is 6.52. The van der Waals surface area contributed by atoms with E-state index >= 15 is 0 Å². The molecular weight excluding hydrogens is 242 g/mol. The van der Waals surface area contributed by atoms with Gasteiger partial charge in [0.2, 0.25) is 0 Å². The van der Waals surface area contributed by atoms with Crippen LogP contribution in [0, 0.1) is 0 Å². The molecule has 0 fully saturated rings. The van der Waals surface area contributed by atoms with Crippen LogP contribution in [0.5, 0.6) is 0 Å². The zero-order chi connectivity index (χ0) is 13.2. The van der Waals surface area contributed by atoms with Crippen molar-refractivity contribution < 1.29 is 14.1 Å². The number of carboxylic acid groups (broad SMARTS) is 1. The van der Waals surface area contributed by atoms with E-state index in [0.29, 0.717) is 5.82 Å². The Morgan fingerprint density at radius 2 is 2.18 bits per heavy atom. The Labute approximate surface area is 103 Å². The average molecular weight is 259 g/mol. The predicted octanol–water partition coefficient (Wildman–Crippen LogP) is 0.971. The van der Waals surface area contributed by atoms with Gasteiger partial charge >= 0.3 is 5.97 Å². The number of carboxylic acids is 1. The molecule has 1 aromatic rings. The van der Waals surface area contributed by atoms with E-state index < -0.39 is 21.5 Å². The molecule has 0 bridgehead atoms. The number of nitrogens with zero attached hydrogens (tertiary/aromatic N) is 3. The van der Waals surface area contributed by atoms with E-state index in [4.69, 9.17) is 5.11 Å². The SMILES string of the molecule is CC(C)n1ncnc1CS(=O)C(C)(C)C(=O)O. The minimum atomic E-state index is -1.54. The van der Waals surface area contributed by atoms with Gasteiger partial charge in [-0.05, 0) is 27.7 Å². The molecule has 0 saturated carbocycles. The second-order valence-electron chi connectivity index (χ2n) is 4.52. The zero-order valence-corrected chi connectivity index (χ0v) is 11.2. The van der Waals surface area contributed by atoms with Crippen LogP contribution in [-0.2, 0) is 21.3 Å². The molecule has 1 aromatic heterocycles. The van der Waals surface area contributed by atoms with E-state index in [-0.39, 0.29) is 11.8 Å². The Morgan fingerprint density at radius 1 is 1.59 bits per heavy atom. The van der Waals surface area contributed by atoms with Gasteiger partial charge < -0.3 is 5.11 Å². The molecule has 6 nitrogen and oxygen atoms in total. The van der Waals surface area contributed by atoms with Crippen molar-refractivity contribution in [1.82, 2.24) is 14.8 Å². The predicted molar refractivity (Wildman–Crippen MR) is 64.0 cm³/mol. The lowest BCUT2D eigenvalue weighted by atomic mass is 10.2. The van der Waals surface area contributed by atoms with Crippen LogP contribution in [0.4, 0.5) is 0 Å². The highest BCUT2D eigenvalue weighted by Gasteiger charge is 2.35. The van der Waals surface area contributed by atoms with Gasteiger partial charge in [-0.15, -0.1) is 0 Å². The molecule has 0 aliphatic heterocycles. The summed E-state index contributed by atoms with van der Waals surface area (Å²) in [5.74, 6) is -0.434. The van der Waals surface area contributed by atoms with Crippen molar-refractivity contribution in [2.24, 2.45) is 0 Å². The third-order valence-corrected chi connectivity index (χ3v) is 4.31. The van der Waals surface area contributed by atoms with Crippen molar-refractivity contribution in [2.75, 3.05) is 0 Å². The van der Waals surface area contributed by atoms with Crippen molar-refractivity contribution in [3.05, 3.63) is 12.2 Å². The summed E-state index contributed by atoms with van der Waals surface area (Å²) in [6, 6.07) is 0.109. The highest BCUT2D eigenvalue weighted by molar-refractivity contribution is 7.86. The molecule has 7 heteroatoms. The highest BCUT2D eigenvalue weighted by Crippen LogP contribution is 2.17. The molecule has 96 valence electrons. The van der Waals surface area contributed by atoms with Gasteiger partial charge in [-0.25, -0.2) is 9.67 Å². The number of aromatic nitrogens is 3. The fraction of sp³-hybridized carbons (Fsp3) is 0.700. The van der Waals surface area contributed by atoms with Crippen molar-refractivity contribution >= 4 is 16.8 Å². The number of hydrogen-bond donors (Lipinski definition) is 1. The molecule has 1 heterocycles. The van der Waals surface area contributed by atoms with E-state index in [2.05, 4.69) is 10.1 Å². The number of carbonyl (C=O) groups is 1. The zero-order valence-electron chi connectivity index (χ0n) is 10.4. The summed E-state index contributed by atoms with van der Waals surface area (Å²) in [4.78, 5) is 15.0. The molecule has 0 spiro atoms. The lowest BCUT2D eigenvalue weighted by Gasteiger charge is -2.18. The molecule has 1 rings (SSSR count). The van der Waals surface area contributed by atoms with Crippen LogP contribution in [0.1, 0.15) is 39.6 Å². The summed E-state index contributed by atoms with van der Waals surface area (Å²) >= 11 is 0. The lowest BCUT2D eigenvalue weighted by molar-refractivity contribution is -0.139. The van der Waals surface area contributed by atoms with Crippen LogP contribution in [0.15, 0.2) is 6.33 Å². The molecule has 0 saturated heterocycles. The van der Waals surface area contributed by atoms with E-state index in [1.165, 1.54) is 20.2 Å². The topological polar surface area (TPSA) is 85.1 Å². The first kappa shape index (κ1) is 13.8. The minimum absolute atomic E-state index is 0.0947. The molecule has 0 radical (unpaired) electrons. The largest absolute Gasteiger partial charge is 0.480 e. The smallest absolute Gasteiger partial charge is 0.321 e. The number of rotatable bonds is 5. The van der Waals surface area contributed by atoms with E-state index in [1.54, 1.807) is 4.68 Å². The van der Waals surface area contributed by atoms with Gasteiger partial charge in [0.15, 0.2) is 0 Å². The van der Waals surface area contributed by atoms with Gasteiger partial charge in [0.25, 0.3) is 0 Å². The van der Waals surface area contributed by atoms with Gasteiger partial charge in [-0.3, -0.25) is 9.00 Å². The van der Waals surface area contributed by atoms with Crippen LogP contribution in [-0.4, -0.2) is 34.8 Å². The first-order chi connectivity index (χ1) is 7.76. The maximum absolute atomic E-state index is 12.0. The minimum Gasteiger partial charge on any atom is -0.480 e. The average Bonchev–Trinajstić information content (AvgIpc) is 2.65. The molecule has 0 amide bonds.